The third-order valence-electron chi connectivity index (χ3n) is 5.29. The molecule has 0 aliphatic carbocycles. The average molecular weight is 442 g/mol. The molecule has 1 saturated heterocycles. The van der Waals surface area contributed by atoms with Crippen LogP contribution in [0.1, 0.15) is 43.5 Å². The van der Waals surface area contributed by atoms with Crippen LogP contribution in [0.15, 0.2) is 30.6 Å². The number of benzene rings is 1. The minimum atomic E-state index is -0.436. The van der Waals surface area contributed by atoms with E-state index < -0.39 is 6.09 Å². The van der Waals surface area contributed by atoms with Crippen LogP contribution in [0.5, 0.6) is 0 Å². The van der Waals surface area contributed by atoms with Crippen LogP contribution in [-0.2, 0) is 4.74 Å². The van der Waals surface area contributed by atoms with Crippen molar-refractivity contribution in [3.05, 3.63) is 52.8 Å². The Bertz CT molecular complexity index is 1100. The highest BCUT2D eigenvalue weighted by Crippen LogP contribution is 2.25. The normalized spacial score (nSPS) is 17.0. The number of ether oxygens (including phenoxy) is 1. The summed E-state index contributed by atoms with van der Waals surface area (Å²) in [5.41, 5.74) is 2.83. The minimum absolute atomic E-state index is 0.0862. The highest BCUT2D eigenvalue weighted by atomic mass is 35.5. The molecule has 2 atom stereocenters. The lowest BCUT2D eigenvalue weighted by atomic mass is 10.2. The maximum atomic E-state index is 12.2. The molecule has 2 aromatic heterocycles. The van der Waals surface area contributed by atoms with Gasteiger partial charge >= 0.3 is 6.09 Å². The van der Waals surface area contributed by atoms with E-state index in [2.05, 4.69) is 25.3 Å². The van der Waals surface area contributed by atoms with Crippen LogP contribution in [0.2, 0.25) is 5.02 Å². The summed E-state index contributed by atoms with van der Waals surface area (Å²) in [7, 11) is 0. The summed E-state index contributed by atoms with van der Waals surface area (Å²) in [5, 5.41) is 3.97. The molecule has 0 bridgehead atoms. The molecule has 9 nitrogen and oxygen atoms in total. The number of hydrogen-bond donors (Lipinski definition) is 1. The monoisotopic (exact) mass is 441 g/mol. The molecular weight excluding hydrogens is 418 g/mol. The third-order valence-corrected chi connectivity index (χ3v) is 5.54. The number of carbonyl (C=O) groups excluding carboxylic acids is 1. The van der Waals surface area contributed by atoms with Crippen LogP contribution >= 0.6 is 11.6 Å². The van der Waals surface area contributed by atoms with Crippen molar-refractivity contribution >= 4 is 29.6 Å². The quantitative estimate of drug-likeness (QED) is 0.610. The van der Waals surface area contributed by atoms with E-state index in [9.17, 15) is 4.79 Å². The zero-order valence-corrected chi connectivity index (χ0v) is 18.6. The first-order valence-corrected chi connectivity index (χ1v) is 10.5. The Balaban J connectivity index is 1.58. The molecule has 31 heavy (non-hydrogen) atoms. The number of anilines is 2. The van der Waals surface area contributed by atoms with E-state index in [-0.39, 0.29) is 12.1 Å². The van der Waals surface area contributed by atoms with Gasteiger partial charge in [0.1, 0.15) is 12.4 Å². The van der Waals surface area contributed by atoms with Gasteiger partial charge in [-0.05, 0) is 51.5 Å². The van der Waals surface area contributed by atoms with Crippen molar-refractivity contribution in [3.8, 4) is 5.69 Å². The molecule has 3 heterocycles. The second kappa shape index (κ2) is 8.50. The van der Waals surface area contributed by atoms with E-state index in [1.165, 1.54) is 4.90 Å². The summed E-state index contributed by atoms with van der Waals surface area (Å²) in [6.07, 6.45) is 2.09. The number of halogens is 1. The van der Waals surface area contributed by atoms with Gasteiger partial charge in [0.2, 0.25) is 11.9 Å². The molecule has 1 fully saturated rings. The number of hydrogen-bond acceptors (Lipinski definition) is 7. The molecule has 1 amide bonds. The van der Waals surface area contributed by atoms with Crippen LogP contribution in [0.3, 0.4) is 0 Å². The SMILES string of the molecule is CC[C@H]1COC(=O)N1c1nc(C)nc(N[C@@H](C)c2ncn(-c3ccc(Cl)cc3)c2C)n1. The second-order valence-electron chi connectivity index (χ2n) is 7.44. The van der Waals surface area contributed by atoms with Crippen LogP contribution in [0.25, 0.3) is 5.69 Å². The number of rotatable bonds is 6. The van der Waals surface area contributed by atoms with Gasteiger partial charge in [0, 0.05) is 16.4 Å². The number of imidazole rings is 1. The average Bonchev–Trinajstić information content (AvgIpc) is 3.30. The van der Waals surface area contributed by atoms with Crippen molar-refractivity contribution in [1.82, 2.24) is 24.5 Å². The van der Waals surface area contributed by atoms with Gasteiger partial charge in [-0.25, -0.2) is 14.7 Å². The minimum Gasteiger partial charge on any atom is -0.447 e. The second-order valence-corrected chi connectivity index (χ2v) is 7.88. The first-order chi connectivity index (χ1) is 14.9. The van der Waals surface area contributed by atoms with Gasteiger partial charge in [-0.1, -0.05) is 18.5 Å². The lowest BCUT2D eigenvalue weighted by Gasteiger charge is -2.19. The van der Waals surface area contributed by atoms with E-state index >= 15 is 0 Å². The molecule has 3 aromatic rings. The molecule has 1 N–H and O–H groups in total. The number of amides is 1. The maximum Gasteiger partial charge on any atom is 0.417 e. The van der Waals surface area contributed by atoms with Crippen molar-refractivity contribution in [3.63, 3.8) is 0 Å². The Labute approximate surface area is 185 Å². The van der Waals surface area contributed by atoms with Gasteiger partial charge in [0.05, 0.1) is 24.1 Å². The van der Waals surface area contributed by atoms with E-state index in [1.54, 1.807) is 13.3 Å². The largest absolute Gasteiger partial charge is 0.447 e. The highest BCUT2D eigenvalue weighted by Gasteiger charge is 2.35. The maximum absolute atomic E-state index is 12.2. The number of nitrogens with one attached hydrogen (secondary N) is 1. The molecule has 0 unspecified atom stereocenters. The molecule has 0 spiro atoms. The summed E-state index contributed by atoms with van der Waals surface area (Å²) in [6, 6.07) is 7.33. The summed E-state index contributed by atoms with van der Waals surface area (Å²) in [4.78, 5) is 31.5. The third kappa shape index (κ3) is 4.18. The standard InChI is InChI=1S/C21H24ClN7O2/c1-5-16-10-31-21(30)29(16)20-26-14(4)25-19(27-20)24-12(2)18-13(3)28(11-23-18)17-8-6-15(22)7-9-17/h6-9,11-12,16H,5,10H2,1-4H3,(H,24,25,26,27)/t12-,16-/m0/s1. The predicted molar refractivity (Wildman–Crippen MR) is 118 cm³/mol. The van der Waals surface area contributed by atoms with Crippen molar-refractivity contribution in [2.45, 2.75) is 46.2 Å². The molecule has 1 aliphatic heterocycles. The number of nitrogens with zero attached hydrogens (tertiary/aromatic N) is 6. The Morgan fingerprint density at radius 2 is 1.97 bits per heavy atom. The Morgan fingerprint density at radius 3 is 2.68 bits per heavy atom. The number of cyclic esters (lactones) is 1. The van der Waals surface area contributed by atoms with Gasteiger partial charge < -0.3 is 14.6 Å². The van der Waals surface area contributed by atoms with Gasteiger partial charge in [0.15, 0.2) is 0 Å². The summed E-state index contributed by atoms with van der Waals surface area (Å²) in [5.74, 6) is 1.18. The van der Waals surface area contributed by atoms with Gasteiger partial charge in [0.25, 0.3) is 0 Å². The Kier molecular flexibility index (Phi) is 5.77. The topological polar surface area (TPSA) is 98.1 Å². The summed E-state index contributed by atoms with van der Waals surface area (Å²) < 4.78 is 7.17. The molecule has 1 aromatic carbocycles. The number of aryl methyl sites for hydroxylation is 1. The highest BCUT2D eigenvalue weighted by molar-refractivity contribution is 6.30. The van der Waals surface area contributed by atoms with Crippen LogP contribution < -0.4 is 10.2 Å². The van der Waals surface area contributed by atoms with E-state index in [4.69, 9.17) is 16.3 Å². The molecular formula is C21H24ClN7O2. The summed E-state index contributed by atoms with van der Waals surface area (Å²) in [6.45, 7) is 8.09. The molecule has 10 heteroatoms. The van der Waals surface area contributed by atoms with Crippen LogP contribution in [0.4, 0.5) is 16.7 Å². The predicted octanol–water partition coefficient (Wildman–Crippen LogP) is 4.24. The fourth-order valence-electron chi connectivity index (χ4n) is 3.62. The molecule has 1 aliphatic rings. The van der Waals surface area contributed by atoms with Crippen LogP contribution in [-0.4, -0.2) is 43.2 Å². The smallest absolute Gasteiger partial charge is 0.417 e. The van der Waals surface area contributed by atoms with E-state index in [0.717, 1.165) is 23.5 Å². The first kappa shape index (κ1) is 21.0. The lowest BCUT2D eigenvalue weighted by Crippen LogP contribution is -2.34. The van der Waals surface area contributed by atoms with Crippen molar-refractivity contribution in [2.24, 2.45) is 0 Å². The van der Waals surface area contributed by atoms with Gasteiger partial charge in [-0.15, -0.1) is 0 Å². The zero-order valence-electron chi connectivity index (χ0n) is 17.8. The van der Waals surface area contributed by atoms with Crippen molar-refractivity contribution < 1.29 is 9.53 Å². The molecule has 4 rings (SSSR count). The van der Waals surface area contributed by atoms with Crippen molar-refractivity contribution in [2.75, 3.05) is 16.8 Å². The van der Waals surface area contributed by atoms with Crippen molar-refractivity contribution in [1.29, 1.82) is 0 Å². The fourth-order valence-corrected chi connectivity index (χ4v) is 3.74. The molecule has 162 valence electrons. The number of carbonyl (C=O) groups is 1. The molecule has 0 radical (unpaired) electrons. The Hall–Kier alpha value is -3.20. The van der Waals surface area contributed by atoms with E-state index in [1.807, 2.05) is 49.6 Å². The zero-order chi connectivity index (χ0) is 22.1. The van der Waals surface area contributed by atoms with Gasteiger partial charge in [-0.3, -0.25) is 0 Å². The number of aromatic nitrogens is 5. The fraction of sp³-hybridized carbons (Fsp3) is 0.381. The first-order valence-electron chi connectivity index (χ1n) is 10.1. The van der Waals surface area contributed by atoms with E-state index in [0.29, 0.717) is 29.4 Å². The molecule has 0 saturated carbocycles. The van der Waals surface area contributed by atoms with Gasteiger partial charge in [-0.2, -0.15) is 15.0 Å². The Morgan fingerprint density at radius 1 is 1.23 bits per heavy atom. The van der Waals surface area contributed by atoms with Crippen LogP contribution in [0, 0.1) is 13.8 Å². The lowest BCUT2D eigenvalue weighted by molar-refractivity contribution is 0.178. The summed E-state index contributed by atoms with van der Waals surface area (Å²) >= 11 is 6.00.